The molecule has 0 radical (unpaired) electrons. The number of nitrogens with one attached hydrogen (secondary N) is 1. The molecular formula is C15H30N2. The van der Waals surface area contributed by atoms with Gasteiger partial charge in [-0.3, -0.25) is 0 Å². The Labute approximate surface area is 107 Å². The zero-order chi connectivity index (χ0) is 12.1. The molecule has 2 fully saturated rings. The Bertz CT molecular complexity index is 221. The third kappa shape index (κ3) is 3.69. The van der Waals surface area contributed by atoms with Crippen LogP contribution in [0.2, 0.25) is 0 Å². The molecule has 0 amide bonds. The lowest BCUT2D eigenvalue weighted by Gasteiger charge is -2.34. The molecular weight excluding hydrogens is 208 g/mol. The third-order valence-corrected chi connectivity index (χ3v) is 4.66. The second-order valence-electron chi connectivity index (χ2n) is 6.51. The van der Waals surface area contributed by atoms with Gasteiger partial charge in [-0.05, 0) is 50.1 Å². The fourth-order valence-electron chi connectivity index (χ4n) is 3.69. The maximum Gasteiger partial charge on any atom is 0.00503 e. The van der Waals surface area contributed by atoms with Crippen LogP contribution in [-0.4, -0.2) is 37.6 Å². The summed E-state index contributed by atoms with van der Waals surface area (Å²) >= 11 is 0. The van der Waals surface area contributed by atoms with Crippen molar-refractivity contribution in [2.75, 3.05) is 32.7 Å². The molecule has 2 aliphatic rings. The number of hydrogen-bond donors (Lipinski definition) is 1. The molecule has 2 heteroatoms. The summed E-state index contributed by atoms with van der Waals surface area (Å²) in [5.41, 5.74) is 0.610. The Hall–Kier alpha value is -0.0800. The molecule has 0 aromatic heterocycles. The Morgan fingerprint density at radius 1 is 1.29 bits per heavy atom. The Balaban J connectivity index is 1.83. The molecule has 0 aromatic rings. The predicted molar refractivity (Wildman–Crippen MR) is 74.3 cm³/mol. The third-order valence-electron chi connectivity index (χ3n) is 4.66. The van der Waals surface area contributed by atoms with Gasteiger partial charge in [-0.25, -0.2) is 0 Å². The van der Waals surface area contributed by atoms with Crippen LogP contribution >= 0.6 is 0 Å². The lowest BCUT2D eigenvalue weighted by Crippen LogP contribution is -2.42. The van der Waals surface area contributed by atoms with E-state index in [1.807, 2.05) is 0 Å². The normalized spacial score (nSPS) is 28.9. The van der Waals surface area contributed by atoms with Crippen LogP contribution in [-0.2, 0) is 0 Å². The van der Waals surface area contributed by atoms with Crippen LogP contribution in [0.5, 0.6) is 0 Å². The number of nitrogens with zero attached hydrogens (tertiary/aromatic N) is 1. The smallest absolute Gasteiger partial charge is 0.00503 e. The van der Waals surface area contributed by atoms with Gasteiger partial charge in [-0.15, -0.1) is 0 Å². The van der Waals surface area contributed by atoms with Crippen LogP contribution in [0.3, 0.4) is 0 Å². The van der Waals surface area contributed by atoms with E-state index in [0.717, 1.165) is 5.92 Å². The van der Waals surface area contributed by atoms with E-state index in [9.17, 15) is 0 Å². The minimum absolute atomic E-state index is 0.610. The molecule has 1 heterocycles. The Morgan fingerprint density at radius 2 is 2.06 bits per heavy atom. The monoisotopic (exact) mass is 238 g/mol. The van der Waals surface area contributed by atoms with Crippen LogP contribution in [0.15, 0.2) is 0 Å². The van der Waals surface area contributed by atoms with E-state index in [1.165, 1.54) is 71.2 Å². The average molecular weight is 238 g/mol. The van der Waals surface area contributed by atoms with Gasteiger partial charge in [0.1, 0.15) is 0 Å². The fraction of sp³-hybridized carbons (Fsp3) is 1.00. The highest BCUT2D eigenvalue weighted by atomic mass is 15.2. The van der Waals surface area contributed by atoms with Gasteiger partial charge in [0.2, 0.25) is 0 Å². The van der Waals surface area contributed by atoms with Crippen molar-refractivity contribution in [2.24, 2.45) is 11.3 Å². The molecule has 0 aromatic carbocycles. The zero-order valence-electron chi connectivity index (χ0n) is 11.8. The summed E-state index contributed by atoms with van der Waals surface area (Å²) in [6.07, 6.45) is 8.49. The van der Waals surface area contributed by atoms with E-state index in [0.29, 0.717) is 5.41 Å². The molecule has 0 bridgehead atoms. The SMILES string of the molecule is CCCNCC1(CN2CCC(C)C2)CCCC1. The summed E-state index contributed by atoms with van der Waals surface area (Å²) in [6.45, 7) is 11.2. The minimum atomic E-state index is 0.610. The quantitative estimate of drug-likeness (QED) is 0.716. The molecule has 2 nitrogen and oxygen atoms in total. The molecule has 2 rings (SSSR count). The van der Waals surface area contributed by atoms with E-state index >= 15 is 0 Å². The molecule has 0 spiro atoms. The van der Waals surface area contributed by atoms with Crippen molar-refractivity contribution in [3.05, 3.63) is 0 Å². The van der Waals surface area contributed by atoms with Crippen LogP contribution < -0.4 is 5.32 Å². The first-order valence-corrected chi connectivity index (χ1v) is 7.67. The molecule has 100 valence electrons. The molecule has 1 unspecified atom stereocenters. The van der Waals surface area contributed by atoms with Crippen molar-refractivity contribution in [3.63, 3.8) is 0 Å². The standard InChI is InChI=1S/C15H30N2/c1-3-9-16-12-15(7-4-5-8-15)13-17-10-6-14(2)11-17/h14,16H,3-13H2,1-2H3. The van der Waals surface area contributed by atoms with Gasteiger partial charge in [0, 0.05) is 19.6 Å². The highest BCUT2D eigenvalue weighted by molar-refractivity contribution is 4.91. The molecule has 1 atom stereocenters. The van der Waals surface area contributed by atoms with E-state index in [2.05, 4.69) is 24.1 Å². The van der Waals surface area contributed by atoms with Crippen molar-refractivity contribution < 1.29 is 0 Å². The largest absolute Gasteiger partial charge is 0.316 e. The van der Waals surface area contributed by atoms with E-state index in [4.69, 9.17) is 0 Å². The van der Waals surface area contributed by atoms with Crippen LogP contribution in [0.4, 0.5) is 0 Å². The lowest BCUT2D eigenvalue weighted by atomic mass is 9.85. The van der Waals surface area contributed by atoms with Gasteiger partial charge in [0.15, 0.2) is 0 Å². The summed E-state index contributed by atoms with van der Waals surface area (Å²) in [5, 5.41) is 3.68. The van der Waals surface area contributed by atoms with Gasteiger partial charge in [-0.1, -0.05) is 26.7 Å². The van der Waals surface area contributed by atoms with Crippen molar-refractivity contribution in [1.82, 2.24) is 10.2 Å². The molecule has 1 saturated carbocycles. The van der Waals surface area contributed by atoms with Gasteiger partial charge in [-0.2, -0.15) is 0 Å². The summed E-state index contributed by atoms with van der Waals surface area (Å²) in [5.74, 6) is 0.928. The van der Waals surface area contributed by atoms with E-state index in [-0.39, 0.29) is 0 Å². The maximum absolute atomic E-state index is 3.68. The minimum Gasteiger partial charge on any atom is -0.316 e. The topological polar surface area (TPSA) is 15.3 Å². The highest BCUT2D eigenvalue weighted by Gasteiger charge is 2.36. The summed E-state index contributed by atoms with van der Waals surface area (Å²) in [7, 11) is 0. The first-order chi connectivity index (χ1) is 8.24. The van der Waals surface area contributed by atoms with Gasteiger partial charge in [0.05, 0.1) is 0 Å². The number of likely N-dealkylation sites (tertiary alicyclic amines) is 1. The number of rotatable bonds is 6. The number of hydrogen-bond acceptors (Lipinski definition) is 2. The van der Waals surface area contributed by atoms with E-state index < -0.39 is 0 Å². The fourth-order valence-corrected chi connectivity index (χ4v) is 3.69. The van der Waals surface area contributed by atoms with Gasteiger partial charge < -0.3 is 10.2 Å². The molecule has 1 aliphatic heterocycles. The molecule has 1 saturated heterocycles. The zero-order valence-corrected chi connectivity index (χ0v) is 11.8. The maximum atomic E-state index is 3.68. The van der Waals surface area contributed by atoms with Crippen LogP contribution in [0.1, 0.15) is 52.4 Å². The summed E-state index contributed by atoms with van der Waals surface area (Å²) < 4.78 is 0. The first kappa shape index (κ1) is 13.4. The van der Waals surface area contributed by atoms with Crippen LogP contribution in [0, 0.1) is 11.3 Å². The van der Waals surface area contributed by atoms with Crippen molar-refractivity contribution in [2.45, 2.75) is 52.4 Å². The molecule has 1 N–H and O–H groups in total. The second-order valence-corrected chi connectivity index (χ2v) is 6.51. The van der Waals surface area contributed by atoms with Gasteiger partial charge >= 0.3 is 0 Å². The lowest BCUT2D eigenvalue weighted by molar-refractivity contribution is 0.169. The van der Waals surface area contributed by atoms with Crippen molar-refractivity contribution in [3.8, 4) is 0 Å². The van der Waals surface area contributed by atoms with E-state index in [1.54, 1.807) is 0 Å². The highest BCUT2D eigenvalue weighted by Crippen LogP contribution is 2.39. The first-order valence-electron chi connectivity index (χ1n) is 7.67. The molecule has 1 aliphatic carbocycles. The van der Waals surface area contributed by atoms with Crippen molar-refractivity contribution >= 4 is 0 Å². The average Bonchev–Trinajstić information content (AvgIpc) is 2.90. The van der Waals surface area contributed by atoms with Gasteiger partial charge in [0.25, 0.3) is 0 Å². The van der Waals surface area contributed by atoms with Crippen molar-refractivity contribution in [1.29, 1.82) is 0 Å². The second kappa shape index (κ2) is 6.19. The molecule has 17 heavy (non-hydrogen) atoms. The summed E-state index contributed by atoms with van der Waals surface area (Å²) in [4.78, 5) is 2.73. The predicted octanol–water partition coefficient (Wildman–Crippen LogP) is 2.89. The Kier molecular flexibility index (Phi) is 4.87. The Morgan fingerprint density at radius 3 is 2.65 bits per heavy atom. The van der Waals surface area contributed by atoms with Crippen LogP contribution in [0.25, 0.3) is 0 Å². The summed E-state index contributed by atoms with van der Waals surface area (Å²) in [6, 6.07) is 0.